The second kappa shape index (κ2) is 11.0. The fraction of sp³-hybridized carbons (Fsp3) is 0.0833. The Morgan fingerprint density at radius 3 is 2.56 bits per heavy atom. The van der Waals surface area contributed by atoms with E-state index in [1.165, 1.54) is 25.1 Å². The molecule has 10 heteroatoms. The van der Waals surface area contributed by atoms with E-state index in [0.717, 1.165) is 11.3 Å². The SMILES string of the molecule is COc1cc(C=NNC(=O)CSc2nnc(-c3ccccc3)n2-c2ccccc2)cc(Br)c1O. The molecule has 0 atom stereocenters. The number of hydrogen-bond acceptors (Lipinski definition) is 7. The average Bonchev–Trinajstić information content (AvgIpc) is 3.30. The van der Waals surface area contributed by atoms with Crippen molar-refractivity contribution in [2.45, 2.75) is 5.16 Å². The first-order chi connectivity index (χ1) is 16.6. The maximum Gasteiger partial charge on any atom is 0.250 e. The van der Waals surface area contributed by atoms with E-state index < -0.39 is 0 Å². The summed E-state index contributed by atoms with van der Waals surface area (Å²) in [6.45, 7) is 0. The lowest BCUT2D eigenvalue weighted by molar-refractivity contribution is -0.118. The van der Waals surface area contributed by atoms with Crippen molar-refractivity contribution in [3.63, 3.8) is 0 Å². The Kier molecular flexibility index (Phi) is 7.61. The lowest BCUT2D eigenvalue weighted by Gasteiger charge is -2.10. The van der Waals surface area contributed by atoms with Crippen molar-refractivity contribution in [1.82, 2.24) is 20.2 Å². The van der Waals surface area contributed by atoms with E-state index in [0.29, 0.717) is 26.8 Å². The number of benzene rings is 3. The Hall–Kier alpha value is -3.63. The fourth-order valence-electron chi connectivity index (χ4n) is 3.11. The van der Waals surface area contributed by atoms with E-state index in [1.807, 2.05) is 65.2 Å². The van der Waals surface area contributed by atoms with Crippen LogP contribution in [0.15, 0.2) is 87.5 Å². The molecule has 0 radical (unpaired) electrons. The minimum Gasteiger partial charge on any atom is -0.503 e. The van der Waals surface area contributed by atoms with Crippen LogP contribution in [0, 0.1) is 0 Å². The highest BCUT2D eigenvalue weighted by Crippen LogP contribution is 2.34. The summed E-state index contributed by atoms with van der Waals surface area (Å²) in [4.78, 5) is 12.4. The number of rotatable bonds is 8. The third-order valence-corrected chi connectivity index (χ3v) is 6.22. The van der Waals surface area contributed by atoms with Gasteiger partial charge in [-0.1, -0.05) is 60.3 Å². The molecule has 172 valence electrons. The summed E-state index contributed by atoms with van der Waals surface area (Å²) in [5.41, 5.74) is 4.98. The highest BCUT2D eigenvalue weighted by atomic mass is 79.9. The molecule has 0 aliphatic rings. The molecule has 1 heterocycles. The van der Waals surface area contributed by atoms with Gasteiger partial charge in [0.1, 0.15) is 0 Å². The van der Waals surface area contributed by atoms with Gasteiger partial charge in [-0.25, -0.2) is 5.43 Å². The van der Waals surface area contributed by atoms with E-state index in [-0.39, 0.29) is 17.4 Å². The van der Waals surface area contributed by atoms with Gasteiger partial charge in [-0.2, -0.15) is 5.10 Å². The number of amides is 1. The van der Waals surface area contributed by atoms with Crippen LogP contribution in [-0.4, -0.2) is 44.9 Å². The van der Waals surface area contributed by atoms with Crippen molar-refractivity contribution in [2.24, 2.45) is 5.10 Å². The summed E-state index contributed by atoms with van der Waals surface area (Å²) in [6, 6.07) is 22.8. The minimum absolute atomic E-state index is 0.00233. The zero-order chi connectivity index (χ0) is 23.9. The topological polar surface area (TPSA) is 102 Å². The molecular formula is C24H20BrN5O3S. The zero-order valence-corrected chi connectivity index (χ0v) is 20.5. The van der Waals surface area contributed by atoms with Crippen molar-refractivity contribution in [2.75, 3.05) is 12.9 Å². The third-order valence-electron chi connectivity index (χ3n) is 4.69. The largest absolute Gasteiger partial charge is 0.503 e. The molecule has 0 unspecified atom stereocenters. The summed E-state index contributed by atoms with van der Waals surface area (Å²) in [5.74, 6) is 0.791. The number of para-hydroxylation sites is 1. The van der Waals surface area contributed by atoms with Gasteiger partial charge >= 0.3 is 0 Å². The Morgan fingerprint density at radius 1 is 1.15 bits per heavy atom. The van der Waals surface area contributed by atoms with Crippen LogP contribution in [0.5, 0.6) is 11.5 Å². The number of phenolic OH excluding ortho intramolecular Hbond substituents is 1. The Morgan fingerprint density at radius 2 is 1.85 bits per heavy atom. The minimum atomic E-state index is -0.296. The quantitative estimate of drug-likeness (QED) is 0.192. The molecule has 1 amide bonds. The maximum atomic E-state index is 12.4. The number of nitrogens with zero attached hydrogens (tertiary/aromatic N) is 4. The van der Waals surface area contributed by atoms with Crippen molar-refractivity contribution in [3.05, 3.63) is 82.8 Å². The summed E-state index contributed by atoms with van der Waals surface area (Å²) in [7, 11) is 1.46. The number of phenols is 1. The number of aromatic hydroxyl groups is 1. The molecule has 2 N–H and O–H groups in total. The predicted molar refractivity (Wildman–Crippen MR) is 136 cm³/mol. The van der Waals surface area contributed by atoms with Crippen LogP contribution in [0.1, 0.15) is 5.56 Å². The van der Waals surface area contributed by atoms with Gasteiger partial charge in [-0.3, -0.25) is 9.36 Å². The third kappa shape index (κ3) is 5.46. The number of hydrogen-bond donors (Lipinski definition) is 2. The van der Waals surface area contributed by atoms with Crippen molar-refractivity contribution < 1.29 is 14.6 Å². The van der Waals surface area contributed by atoms with Crippen LogP contribution in [0.3, 0.4) is 0 Å². The van der Waals surface area contributed by atoms with Gasteiger partial charge in [0, 0.05) is 11.3 Å². The number of nitrogens with one attached hydrogen (secondary N) is 1. The summed E-state index contributed by atoms with van der Waals surface area (Å²) in [5, 5.41) is 23.2. The standard InChI is InChI=1S/C24H20BrN5O3S/c1-33-20-13-16(12-19(25)22(20)32)14-26-27-21(31)15-34-24-29-28-23(17-8-4-2-5-9-17)30(24)18-10-6-3-7-11-18/h2-14,32H,15H2,1H3,(H,27,31). The molecule has 4 aromatic rings. The van der Waals surface area contributed by atoms with Crippen LogP contribution < -0.4 is 10.2 Å². The predicted octanol–water partition coefficient (Wildman–Crippen LogP) is 4.65. The Bertz CT molecular complexity index is 1310. The molecule has 0 fully saturated rings. The molecule has 0 saturated carbocycles. The molecule has 0 bridgehead atoms. The lowest BCUT2D eigenvalue weighted by atomic mass is 10.2. The molecule has 0 spiro atoms. The van der Waals surface area contributed by atoms with E-state index in [9.17, 15) is 9.90 Å². The number of hydrazone groups is 1. The molecular weight excluding hydrogens is 518 g/mol. The zero-order valence-electron chi connectivity index (χ0n) is 18.1. The van der Waals surface area contributed by atoms with Gasteiger partial charge in [0.2, 0.25) is 0 Å². The summed E-state index contributed by atoms with van der Waals surface area (Å²) in [6.07, 6.45) is 1.47. The van der Waals surface area contributed by atoms with Crippen molar-refractivity contribution >= 4 is 39.8 Å². The van der Waals surface area contributed by atoms with Crippen LogP contribution in [0.2, 0.25) is 0 Å². The molecule has 34 heavy (non-hydrogen) atoms. The van der Waals surface area contributed by atoms with Crippen LogP contribution in [-0.2, 0) is 4.79 Å². The highest BCUT2D eigenvalue weighted by Gasteiger charge is 2.17. The van der Waals surface area contributed by atoms with Gasteiger partial charge in [-0.15, -0.1) is 10.2 Å². The Labute approximate surface area is 208 Å². The van der Waals surface area contributed by atoms with Crippen molar-refractivity contribution in [1.29, 1.82) is 0 Å². The van der Waals surface area contributed by atoms with E-state index >= 15 is 0 Å². The summed E-state index contributed by atoms with van der Waals surface area (Å²) < 4.78 is 7.51. The highest BCUT2D eigenvalue weighted by molar-refractivity contribution is 9.10. The summed E-state index contributed by atoms with van der Waals surface area (Å²) >= 11 is 4.52. The first kappa shape index (κ1) is 23.5. The van der Waals surface area contributed by atoms with Gasteiger partial charge in [0.25, 0.3) is 5.91 Å². The molecule has 0 aliphatic carbocycles. The monoisotopic (exact) mass is 537 g/mol. The lowest BCUT2D eigenvalue weighted by Crippen LogP contribution is -2.20. The van der Waals surface area contributed by atoms with Crippen LogP contribution in [0.25, 0.3) is 17.1 Å². The molecule has 1 aromatic heterocycles. The Balaban J connectivity index is 1.47. The van der Waals surface area contributed by atoms with E-state index in [4.69, 9.17) is 4.74 Å². The second-order valence-corrected chi connectivity index (χ2v) is 8.78. The number of ether oxygens (including phenoxy) is 1. The second-order valence-electron chi connectivity index (χ2n) is 6.98. The molecule has 8 nitrogen and oxygen atoms in total. The van der Waals surface area contributed by atoms with E-state index in [1.54, 1.807) is 12.1 Å². The molecule has 4 rings (SSSR count). The smallest absolute Gasteiger partial charge is 0.250 e. The first-order valence-electron chi connectivity index (χ1n) is 10.1. The van der Waals surface area contributed by atoms with Crippen molar-refractivity contribution in [3.8, 4) is 28.6 Å². The molecule has 0 saturated heterocycles. The number of halogens is 1. The van der Waals surface area contributed by atoms with Crippen LogP contribution in [0.4, 0.5) is 0 Å². The fourth-order valence-corrected chi connectivity index (χ4v) is 4.32. The normalized spacial score (nSPS) is 11.0. The van der Waals surface area contributed by atoms with Crippen LogP contribution >= 0.6 is 27.7 Å². The molecule has 0 aliphatic heterocycles. The first-order valence-corrected chi connectivity index (χ1v) is 11.9. The number of carbonyl (C=O) groups is 1. The van der Waals surface area contributed by atoms with Gasteiger partial charge < -0.3 is 9.84 Å². The number of aromatic nitrogens is 3. The number of methoxy groups -OCH3 is 1. The van der Waals surface area contributed by atoms with Gasteiger partial charge in [0.15, 0.2) is 22.5 Å². The van der Waals surface area contributed by atoms with E-state index in [2.05, 4.69) is 36.7 Å². The van der Waals surface area contributed by atoms with Gasteiger partial charge in [0.05, 0.1) is 23.5 Å². The molecule has 3 aromatic carbocycles. The maximum absolute atomic E-state index is 12.4. The number of carbonyl (C=O) groups excluding carboxylic acids is 1. The number of thioether (sulfide) groups is 1. The van der Waals surface area contributed by atoms with Gasteiger partial charge in [-0.05, 0) is 45.8 Å². The average molecular weight is 538 g/mol.